The largest absolute Gasteiger partial charge is 0.497 e. The second kappa shape index (κ2) is 4.83. The van der Waals surface area contributed by atoms with Gasteiger partial charge in [-0.1, -0.05) is 12.2 Å². The average molecular weight is 315 g/mol. The molecule has 0 aromatic heterocycles. The summed E-state index contributed by atoms with van der Waals surface area (Å²) in [6.45, 7) is 0.406. The molecule has 6 nitrogen and oxygen atoms in total. The monoisotopic (exact) mass is 315 g/mol. The Balaban J connectivity index is 1.68. The zero-order chi connectivity index (χ0) is 16.2. The number of anilines is 1. The average Bonchev–Trinajstić information content (AvgIpc) is 3.22. The molecule has 3 heterocycles. The summed E-state index contributed by atoms with van der Waals surface area (Å²) in [5, 5.41) is 0. The number of hydrogen-bond acceptors (Lipinski definition) is 5. The lowest BCUT2D eigenvalue weighted by molar-refractivity contribution is -0.149. The van der Waals surface area contributed by atoms with Crippen LogP contribution in [0.3, 0.4) is 0 Å². The first-order valence-electron chi connectivity index (χ1n) is 7.50. The second-order valence-electron chi connectivity index (χ2n) is 6.05. The van der Waals surface area contributed by atoms with Crippen LogP contribution in [0.1, 0.15) is 0 Å². The highest BCUT2D eigenvalue weighted by atomic mass is 16.5. The minimum absolute atomic E-state index is 0.0996. The fraction of sp³-hybridized carbons (Fsp3) is 0.412. The molecular weight excluding hydrogens is 298 g/mol. The van der Waals surface area contributed by atoms with Crippen LogP contribution in [0.4, 0.5) is 5.69 Å². The van der Waals surface area contributed by atoms with Crippen LogP contribution in [0.15, 0.2) is 36.4 Å². The summed E-state index contributed by atoms with van der Waals surface area (Å²) in [6.07, 6.45) is 3.42. The summed E-state index contributed by atoms with van der Waals surface area (Å²) in [5.74, 6) is -0.857. The van der Waals surface area contributed by atoms with Crippen molar-refractivity contribution in [2.24, 2.45) is 11.8 Å². The maximum atomic E-state index is 12.9. The highest BCUT2D eigenvalue weighted by molar-refractivity contribution is 6.02. The van der Waals surface area contributed by atoms with Gasteiger partial charge < -0.3 is 19.1 Å². The van der Waals surface area contributed by atoms with Crippen LogP contribution in [0.2, 0.25) is 0 Å². The van der Waals surface area contributed by atoms with Crippen molar-refractivity contribution in [1.82, 2.24) is 0 Å². The fourth-order valence-corrected chi connectivity index (χ4v) is 3.88. The van der Waals surface area contributed by atoms with Crippen LogP contribution in [0, 0.1) is 11.8 Å². The van der Waals surface area contributed by atoms with E-state index in [1.165, 1.54) is 7.11 Å². The van der Waals surface area contributed by atoms with Gasteiger partial charge in [-0.05, 0) is 24.3 Å². The first kappa shape index (κ1) is 14.3. The van der Waals surface area contributed by atoms with E-state index >= 15 is 0 Å². The number of nitrogens with zero attached hydrogens (tertiary/aromatic N) is 1. The van der Waals surface area contributed by atoms with Gasteiger partial charge in [0.2, 0.25) is 5.91 Å². The SMILES string of the molecule is COC(=O)[C@H]1[C@H]2C=C[C@@]3(CN(c4ccc(OC)cc4)C(=O)[C@@H]13)O2. The Kier molecular flexibility index (Phi) is 2.99. The van der Waals surface area contributed by atoms with Gasteiger partial charge in [0.05, 0.1) is 32.8 Å². The molecule has 0 radical (unpaired) electrons. The highest BCUT2D eigenvalue weighted by Gasteiger charge is 2.67. The van der Waals surface area contributed by atoms with Crippen LogP contribution in [-0.4, -0.2) is 44.3 Å². The molecule has 120 valence electrons. The summed E-state index contributed by atoms with van der Waals surface area (Å²) < 4.78 is 16.0. The van der Waals surface area contributed by atoms with Gasteiger partial charge >= 0.3 is 5.97 Å². The summed E-state index contributed by atoms with van der Waals surface area (Å²) in [4.78, 5) is 26.7. The molecule has 2 saturated heterocycles. The van der Waals surface area contributed by atoms with E-state index in [1.54, 1.807) is 24.1 Å². The number of methoxy groups -OCH3 is 2. The minimum Gasteiger partial charge on any atom is -0.497 e. The molecule has 0 aliphatic carbocycles. The lowest BCUT2D eigenvalue weighted by Gasteiger charge is -2.22. The first-order valence-corrected chi connectivity index (χ1v) is 7.50. The Labute approximate surface area is 133 Å². The molecule has 2 bridgehead atoms. The van der Waals surface area contributed by atoms with Gasteiger partial charge in [0.15, 0.2) is 0 Å². The van der Waals surface area contributed by atoms with Crippen molar-refractivity contribution in [2.75, 3.05) is 25.7 Å². The molecule has 2 fully saturated rings. The standard InChI is InChI=1S/C17H17NO5/c1-21-11-5-3-10(4-6-11)18-9-17-8-7-12(23-17)13(16(20)22-2)14(17)15(18)19/h3-8,12-14H,9H2,1-2H3/t12-,13+,14-,17+/m1/s1. The van der Waals surface area contributed by atoms with Crippen molar-refractivity contribution < 1.29 is 23.8 Å². The maximum absolute atomic E-state index is 12.9. The van der Waals surface area contributed by atoms with Crippen molar-refractivity contribution in [2.45, 2.75) is 11.7 Å². The van der Waals surface area contributed by atoms with E-state index in [0.717, 1.165) is 11.4 Å². The maximum Gasteiger partial charge on any atom is 0.312 e. The Bertz CT molecular complexity index is 697. The lowest BCUT2D eigenvalue weighted by atomic mass is 9.77. The van der Waals surface area contributed by atoms with Crippen molar-refractivity contribution in [3.05, 3.63) is 36.4 Å². The number of carbonyl (C=O) groups excluding carboxylic acids is 2. The summed E-state index contributed by atoms with van der Waals surface area (Å²) >= 11 is 0. The van der Waals surface area contributed by atoms with Gasteiger partial charge in [0.1, 0.15) is 17.3 Å². The van der Waals surface area contributed by atoms with Gasteiger partial charge in [0.25, 0.3) is 0 Å². The third-order valence-electron chi connectivity index (χ3n) is 4.96. The van der Waals surface area contributed by atoms with Crippen LogP contribution in [0.5, 0.6) is 5.75 Å². The van der Waals surface area contributed by atoms with Gasteiger partial charge in [-0.3, -0.25) is 9.59 Å². The Hall–Kier alpha value is -2.34. The predicted octanol–water partition coefficient (Wildman–Crippen LogP) is 1.15. The molecule has 3 aliphatic rings. The molecule has 1 aromatic carbocycles. The fourth-order valence-electron chi connectivity index (χ4n) is 3.88. The summed E-state index contributed by atoms with van der Waals surface area (Å²) in [7, 11) is 2.93. The van der Waals surface area contributed by atoms with Crippen molar-refractivity contribution in [1.29, 1.82) is 0 Å². The molecule has 0 N–H and O–H groups in total. The topological polar surface area (TPSA) is 65.1 Å². The van der Waals surface area contributed by atoms with Crippen LogP contribution >= 0.6 is 0 Å². The number of fused-ring (bicyclic) bond motifs is 1. The molecule has 0 saturated carbocycles. The molecule has 1 aromatic rings. The highest BCUT2D eigenvalue weighted by Crippen LogP contribution is 2.52. The third-order valence-corrected chi connectivity index (χ3v) is 4.96. The number of hydrogen-bond donors (Lipinski definition) is 0. The molecule has 1 spiro atoms. The van der Waals surface area contributed by atoms with Crippen LogP contribution < -0.4 is 9.64 Å². The zero-order valence-corrected chi connectivity index (χ0v) is 12.9. The van der Waals surface area contributed by atoms with Gasteiger partial charge in [0, 0.05) is 5.69 Å². The molecule has 6 heteroatoms. The van der Waals surface area contributed by atoms with E-state index in [2.05, 4.69) is 0 Å². The van der Waals surface area contributed by atoms with E-state index < -0.39 is 23.4 Å². The molecular formula is C17H17NO5. The quantitative estimate of drug-likeness (QED) is 0.618. The molecule has 23 heavy (non-hydrogen) atoms. The van der Waals surface area contributed by atoms with E-state index in [0.29, 0.717) is 6.54 Å². The number of rotatable bonds is 3. The van der Waals surface area contributed by atoms with Crippen LogP contribution in [0.25, 0.3) is 0 Å². The summed E-state index contributed by atoms with van der Waals surface area (Å²) in [6, 6.07) is 7.27. The smallest absolute Gasteiger partial charge is 0.312 e. The molecule has 4 atom stereocenters. The Morgan fingerprint density at radius 1 is 1.30 bits per heavy atom. The second-order valence-corrected chi connectivity index (χ2v) is 6.05. The minimum atomic E-state index is -0.722. The predicted molar refractivity (Wildman–Crippen MR) is 81.1 cm³/mol. The third kappa shape index (κ3) is 1.84. The number of amides is 1. The number of benzene rings is 1. The number of ether oxygens (including phenoxy) is 3. The number of carbonyl (C=O) groups is 2. The lowest BCUT2D eigenvalue weighted by Crippen LogP contribution is -2.39. The van der Waals surface area contributed by atoms with E-state index in [-0.39, 0.29) is 12.0 Å². The van der Waals surface area contributed by atoms with Crippen molar-refractivity contribution >= 4 is 17.6 Å². The normalized spacial score (nSPS) is 33.9. The number of esters is 1. The Morgan fingerprint density at radius 3 is 2.70 bits per heavy atom. The van der Waals surface area contributed by atoms with Crippen LogP contribution in [-0.2, 0) is 19.1 Å². The molecule has 0 unspecified atom stereocenters. The van der Waals surface area contributed by atoms with E-state index in [1.807, 2.05) is 24.3 Å². The molecule has 1 amide bonds. The molecule has 3 aliphatic heterocycles. The van der Waals surface area contributed by atoms with Gasteiger partial charge in [-0.15, -0.1) is 0 Å². The van der Waals surface area contributed by atoms with Gasteiger partial charge in [-0.2, -0.15) is 0 Å². The molecule has 4 rings (SSSR count). The van der Waals surface area contributed by atoms with Gasteiger partial charge in [-0.25, -0.2) is 0 Å². The van der Waals surface area contributed by atoms with Crippen molar-refractivity contribution in [3.8, 4) is 5.75 Å². The zero-order valence-electron chi connectivity index (χ0n) is 12.9. The van der Waals surface area contributed by atoms with E-state index in [9.17, 15) is 9.59 Å². The summed E-state index contributed by atoms with van der Waals surface area (Å²) in [5.41, 5.74) is 0.0456. The van der Waals surface area contributed by atoms with Crippen molar-refractivity contribution in [3.63, 3.8) is 0 Å². The first-order chi connectivity index (χ1) is 11.1. The Morgan fingerprint density at radius 2 is 2.04 bits per heavy atom. The van der Waals surface area contributed by atoms with E-state index in [4.69, 9.17) is 14.2 Å².